The van der Waals surface area contributed by atoms with E-state index in [-0.39, 0.29) is 18.3 Å². The number of carbonyl (C=O) groups excluding carboxylic acids is 2. The number of likely N-dealkylation sites (N-methyl/N-ethyl adjacent to an activating group) is 1. The van der Waals surface area contributed by atoms with Gasteiger partial charge in [0, 0.05) is 18.9 Å². The maximum Gasteiger partial charge on any atom is 0.323 e. The highest BCUT2D eigenvalue weighted by molar-refractivity contribution is 5.93. The van der Waals surface area contributed by atoms with Gasteiger partial charge in [0.25, 0.3) is 0 Å². The van der Waals surface area contributed by atoms with Gasteiger partial charge >= 0.3 is 11.9 Å². The van der Waals surface area contributed by atoms with Crippen molar-refractivity contribution in [2.24, 2.45) is 5.41 Å². The lowest BCUT2D eigenvalue weighted by Gasteiger charge is -2.32. The number of hydrogen-bond donors (Lipinski definition) is 3. The van der Waals surface area contributed by atoms with Crippen LogP contribution in [0.2, 0.25) is 0 Å². The molecule has 2 unspecified atom stereocenters. The largest absolute Gasteiger partial charge is 0.481 e. The molecule has 0 bridgehead atoms. The molecular formula is C27H34N2O6. The van der Waals surface area contributed by atoms with Gasteiger partial charge in [-0.05, 0) is 30.4 Å². The summed E-state index contributed by atoms with van der Waals surface area (Å²) < 4.78 is 0. The van der Waals surface area contributed by atoms with E-state index >= 15 is 0 Å². The first-order valence-corrected chi connectivity index (χ1v) is 12.0. The van der Waals surface area contributed by atoms with Gasteiger partial charge in [0.15, 0.2) is 0 Å². The first kappa shape index (κ1) is 26.2. The molecule has 2 amide bonds. The van der Waals surface area contributed by atoms with Crippen molar-refractivity contribution in [3.8, 4) is 0 Å². The summed E-state index contributed by atoms with van der Waals surface area (Å²) in [4.78, 5) is 50.2. The molecule has 2 aliphatic rings. The molecule has 0 aliphatic heterocycles. The second-order valence-electron chi connectivity index (χ2n) is 9.98. The molecule has 0 saturated heterocycles. The Morgan fingerprint density at radius 1 is 1.06 bits per heavy atom. The van der Waals surface area contributed by atoms with E-state index in [0.717, 1.165) is 23.3 Å². The minimum atomic E-state index is -1.15. The molecular weight excluding hydrogens is 448 g/mol. The maximum atomic E-state index is 13.3. The Kier molecular flexibility index (Phi) is 8.14. The van der Waals surface area contributed by atoms with Crippen LogP contribution in [0.5, 0.6) is 0 Å². The molecule has 188 valence electrons. The lowest BCUT2D eigenvalue weighted by molar-refractivity contribution is -0.148. The molecule has 35 heavy (non-hydrogen) atoms. The summed E-state index contributed by atoms with van der Waals surface area (Å²) in [5, 5.41) is 21.3. The first-order valence-electron chi connectivity index (χ1n) is 12.0. The van der Waals surface area contributed by atoms with Crippen LogP contribution in [-0.2, 0) is 24.6 Å². The first-order chi connectivity index (χ1) is 16.5. The molecule has 0 spiro atoms. The van der Waals surface area contributed by atoms with Gasteiger partial charge in [0.2, 0.25) is 11.8 Å². The lowest BCUT2D eigenvalue weighted by Crippen LogP contribution is -2.52. The number of rotatable bonds is 10. The van der Waals surface area contributed by atoms with Crippen LogP contribution in [0.3, 0.4) is 0 Å². The van der Waals surface area contributed by atoms with Crippen LogP contribution in [0.25, 0.3) is 0 Å². The van der Waals surface area contributed by atoms with E-state index in [9.17, 15) is 24.3 Å². The fourth-order valence-corrected chi connectivity index (χ4v) is 5.07. The number of amides is 2. The highest BCUT2D eigenvalue weighted by Gasteiger charge is 2.44. The number of carboxylic acid groups (broad SMARTS) is 2. The highest BCUT2D eigenvalue weighted by Crippen LogP contribution is 2.42. The third-order valence-corrected chi connectivity index (χ3v) is 7.21. The van der Waals surface area contributed by atoms with Crippen LogP contribution in [0.1, 0.15) is 57.4 Å². The number of nitrogens with one attached hydrogen (secondary N) is 1. The fraction of sp³-hybridized carbons (Fsp3) is 0.481. The number of allylic oxidation sites excluding steroid dienone is 3. The molecule has 0 aromatic heterocycles. The monoisotopic (exact) mass is 482 g/mol. The predicted molar refractivity (Wildman–Crippen MR) is 131 cm³/mol. The van der Waals surface area contributed by atoms with Crippen LogP contribution < -0.4 is 5.32 Å². The molecule has 3 N–H and O–H groups in total. The van der Waals surface area contributed by atoms with Gasteiger partial charge in [-0.2, -0.15) is 0 Å². The van der Waals surface area contributed by atoms with Crippen LogP contribution in [0.15, 0.2) is 54.1 Å². The van der Waals surface area contributed by atoms with E-state index in [1.807, 2.05) is 30.4 Å². The van der Waals surface area contributed by atoms with E-state index < -0.39 is 41.8 Å². The van der Waals surface area contributed by atoms with E-state index in [4.69, 9.17) is 5.11 Å². The maximum absolute atomic E-state index is 13.3. The molecule has 0 heterocycles. The topological polar surface area (TPSA) is 124 Å². The van der Waals surface area contributed by atoms with Crippen molar-refractivity contribution in [1.29, 1.82) is 0 Å². The molecule has 2 aliphatic carbocycles. The van der Waals surface area contributed by atoms with Crippen LogP contribution in [-0.4, -0.2) is 58.5 Å². The molecule has 1 aromatic rings. The molecule has 8 nitrogen and oxygen atoms in total. The Bertz CT molecular complexity index is 1030. The standard InChI is InChI=1S/C27H34N2O6/c1-26(20-8-4-3-5-9-20)14-10-19(11-15-26)16-21(24(34)29(2)18-23(32)33)28-25(35)27(17-22(30)31)12-6-7-13-27/h3-5,8-11,14,21H,6-7,12-13,15-18H2,1-2H3,(H,28,35)(H,30,31)(H,32,33). The van der Waals surface area contributed by atoms with Gasteiger partial charge in [-0.25, -0.2) is 0 Å². The number of aliphatic carboxylic acids is 2. The summed E-state index contributed by atoms with van der Waals surface area (Å²) >= 11 is 0. The molecule has 1 fully saturated rings. The number of nitrogens with zero attached hydrogens (tertiary/aromatic N) is 1. The van der Waals surface area contributed by atoms with Gasteiger partial charge in [-0.3, -0.25) is 19.2 Å². The van der Waals surface area contributed by atoms with E-state index in [2.05, 4.69) is 30.4 Å². The van der Waals surface area contributed by atoms with Crippen LogP contribution >= 0.6 is 0 Å². The minimum Gasteiger partial charge on any atom is -0.481 e. The van der Waals surface area contributed by atoms with Gasteiger partial charge in [0.05, 0.1) is 11.8 Å². The Balaban J connectivity index is 1.79. The summed E-state index contributed by atoms with van der Waals surface area (Å²) in [6.45, 7) is 1.64. The Hall–Kier alpha value is -3.42. The van der Waals surface area contributed by atoms with E-state index in [1.165, 1.54) is 12.6 Å². The molecule has 0 radical (unpaired) electrons. The van der Waals surface area contributed by atoms with Gasteiger partial charge < -0.3 is 20.4 Å². The van der Waals surface area contributed by atoms with Crippen molar-refractivity contribution in [3.05, 3.63) is 59.7 Å². The molecule has 2 atom stereocenters. The Labute approximate surface area is 205 Å². The van der Waals surface area contributed by atoms with Gasteiger partial charge in [-0.15, -0.1) is 0 Å². The van der Waals surface area contributed by atoms with E-state index in [1.54, 1.807) is 0 Å². The van der Waals surface area contributed by atoms with Gasteiger partial charge in [-0.1, -0.05) is 68.3 Å². The number of hydrogen-bond acceptors (Lipinski definition) is 4. The van der Waals surface area contributed by atoms with Crippen molar-refractivity contribution in [3.63, 3.8) is 0 Å². The average molecular weight is 483 g/mol. The number of carboxylic acids is 2. The summed E-state index contributed by atoms with van der Waals surface area (Å²) in [6, 6.07) is 9.10. The van der Waals surface area contributed by atoms with Crippen LogP contribution in [0, 0.1) is 5.41 Å². The summed E-state index contributed by atoms with van der Waals surface area (Å²) in [5.41, 5.74) is 0.798. The van der Waals surface area contributed by atoms with Crippen molar-refractivity contribution >= 4 is 23.8 Å². The second kappa shape index (κ2) is 10.9. The molecule has 8 heteroatoms. The second-order valence-corrected chi connectivity index (χ2v) is 9.98. The van der Waals surface area contributed by atoms with Crippen molar-refractivity contribution in [1.82, 2.24) is 10.2 Å². The van der Waals surface area contributed by atoms with Crippen molar-refractivity contribution < 1.29 is 29.4 Å². The highest BCUT2D eigenvalue weighted by atomic mass is 16.4. The zero-order chi connectivity index (χ0) is 25.6. The van der Waals surface area contributed by atoms with Gasteiger partial charge in [0.1, 0.15) is 12.6 Å². The minimum absolute atomic E-state index is 0.191. The lowest BCUT2D eigenvalue weighted by atomic mass is 9.75. The fourth-order valence-electron chi connectivity index (χ4n) is 5.07. The van der Waals surface area contributed by atoms with Crippen molar-refractivity contribution in [2.45, 2.75) is 63.3 Å². The third-order valence-electron chi connectivity index (χ3n) is 7.21. The number of carbonyl (C=O) groups is 4. The smallest absolute Gasteiger partial charge is 0.323 e. The van der Waals surface area contributed by atoms with E-state index in [0.29, 0.717) is 19.3 Å². The SMILES string of the molecule is CN(CC(=O)O)C(=O)C(CC1=CCC(C)(c2ccccc2)C=C1)NC(=O)C1(CC(=O)O)CCCC1. The molecule has 3 rings (SSSR count). The summed E-state index contributed by atoms with van der Waals surface area (Å²) in [5.74, 6) is -3.17. The Morgan fingerprint density at radius 2 is 1.71 bits per heavy atom. The quantitative estimate of drug-likeness (QED) is 0.470. The molecule has 1 saturated carbocycles. The summed E-state index contributed by atoms with van der Waals surface area (Å²) in [6.07, 6.45) is 9.11. The Morgan fingerprint density at radius 3 is 2.26 bits per heavy atom. The predicted octanol–water partition coefficient (Wildman–Crippen LogP) is 3.28. The zero-order valence-electron chi connectivity index (χ0n) is 20.3. The van der Waals surface area contributed by atoms with Crippen LogP contribution in [0.4, 0.5) is 0 Å². The zero-order valence-corrected chi connectivity index (χ0v) is 20.3. The summed E-state index contributed by atoms with van der Waals surface area (Å²) in [7, 11) is 1.38. The third kappa shape index (κ3) is 6.38. The normalized spacial score (nSPS) is 21.6. The molecule has 1 aromatic carbocycles. The average Bonchev–Trinajstić information content (AvgIpc) is 3.29. The number of benzene rings is 1. The van der Waals surface area contributed by atoms with Crippen molar-refractivity contribution in [2.75, 3.05) is 13.6 Å².